The van der Waals surface area contributed by atoms with Gasteiger partial charge in [0.15, 0.2) is 6.10 Å². The number of aromatic nitrogens is 2. The number of hydrogen-bond acceptors (Lipinski definition) is 2. The van der Waals surface area contributed by atoms with Gasteiger partial charge in [-0.3, -0.25) is 0 Å². The summed E-state index contributed by atoms with van der Waals surface area (Å²) in [6, 6.07) is 10.8. The monoisotopic (exact) mass is 312 g/mol. The third kappa shape index (κ3) is 3.21. The molecule has 1 aromatic heterocycles. The van der Waals surface area contributed by atoms with E-state index in [-0.39, 0.29) is 11.9 Å². The summed E-state index contributed by atoms with van der Waals surface area (Å²) in [6.07, 6.45) is -0.246. The zero-order valence-electron chi connectivity index (χ0n) is 13.9. The van der Waals surface area contributed by atoms with Gasteiger partial charge in [0, 0.05) is 0 Å². The van der Waals surface area contributed by atoms with Crippen molar-refractivity contribution < 1.29 is 9.13 Å². The molecule has 0 amide bonds. The fraction of sp³-hybridized carbons (Fsp3) is 0.316. The number of nitrogens with one attached hydrogen (secondary N) is 1. The normalized spacial score (nSPS) is 12.8. The lowest BCUT2D eigenvalue weighted by molar-refractivity contribution is 0.215. The van der Waals surface area contributed by atoms with Crippen LogP contribution in [-0.4, -0.2) is 9.97 Å². The molecule has 0 aliphatic rings. The molecule has 0 spiro atoms. The van der Waals surface area contributed by atoms with Crippen LogP contribution in [-0.2, 0) is 0 Å². The quantitative estimate of drug-likeness (QED) is 0.712. The third-order valence-electron chi connectivity index (χ3n) is 3.94. The van der Waals surface area contributed by atoms with E-state index in [0.29, 0.717) is 17.3 Å². The van der Waals surface area contributed by atoms with E-state index < -0.39 is 0 Å². The van der Waals surface area contributed by atoms with Gasteiger partial charge < -0.3 is 9.72 Å². The van der Waals surface area contributed by atoms with Crippen LogP contribution < -0.4 is 4.74 Å². The van der Waals surface area contributed by atoms with Crippen LogP contribution in [0.4, 0.5) is 4.39 Å². The van der Waals surface area contributed by atoms with E-state index in [9.17, 15) is 4.39 Å². The molecule has 2 aromatic carbocycles. The topological polar surface area (TPSA) is 37.9 Å². The van der Waals surface area contributed by atoms with Crippen molar-refractivity contribution in [2.24, 2.45) is 0 Å². The van der Waals surface area contributed by atoms with Gasteiger partial charge in [-0.15, -0.1) is 0 Å². The van der Waals surface area contributed by atoms with E-state index in [0.717, 1.165) is 16.8 Å². The van der Waals surface area contributed by atoms with Crippen molar-refractivity contribution in [1.82, 2.24) is 9.97 Å². The van der Waals surface area contributed by atoms with Gasteiger partial charge >= 0.3 is 0 Å². The molecule has 3 aromatic rings. The Kier molecular flexibility index (Phi) is 4.07. The molecule has 1 N–H and O–H groups in total. The van der Waals surface area contributed by atoms with Crippen LogP contribution in [0.15, 0.2) is 36.4 Å². The van der Waals surface area contributed by atoms with Gasteiger partial charge in [-0.1, -0.05) is 26.0 Å². The number of aromatic amines is 1. The molecular weight excluding hydrogens is 291 g/mol. The van der Waals surface area contributed by atoms with Crippen LogP contribution in [0.2, 0.25) is 0 Å². The molecule has 0 saturated heterocycles. The number of nitrogens with zero attached hydrogens (tertiary/aromatic N) is 1. The SMILES string of the molecule is Cc1ccc(C(C)C)c(O[C@H](C)c2nc3ccc(F)cc3[nH]2)c1. The fourth-order valence-corrected chi connectivity index (χ4v) is 2.66. The van der Waals surface area contributed by atoms with E-state index in [1.54, 1.807) is 6.07 Å². The molecule has 120 valence electrons. The Bertz CT molecular complexity index is 839. The second-order valence-corrected chi connectivity index (χ2v) is 6.24. The maximum atomic E-state index is 13.3. The van der Waals surface area contributed by atoms with E-state index in [1.807, 2.05) is 19.9 Å². The largest absolute Gasteiger partial charge is 0.483 e. The first-order chi connectivity index (χ1) is 10.9. The average Bonchev–Trinajstić information content (AvgIpc) is 2.90. The number of hydrogen-bond donors (Lipinski definition) is 1. The Morgan fingerprint density at radius 1 is 1.09 bits per heavy atom. The zero-order chi connectivity index (χ0) is 16.6. The number of halogens is 1. The number of imidazole rings is 1. The first-order valence-electron chi connectivity index (χ1n) is 7.86. The number of benzene rings is 2. The molecule has 0 bridgehead atoms. The Morgan fingerprint density at radius 3 is 2.61 bits per heavy atom. The number of ether oxygens (including phenoxy) is 1. The predicted octanol–water partition coefficient (Wildman–Crippen LogP) is 5.27. The van der Waals surface area contributed by atoms with E-state index >= 15 is 0 Å². The molecule has 0 aliphatic carbocycles. The summed E-state index contributed by atoms with van der Waals surface area (Å²) < 4.78 is 19.4. The number of rotatable bonds is 4. The van der Waals surface area contributed by atoms with Gasteiger partial charge in [0.05, 0.1) is 11.0 Å². The van der Waals surface area contributed by atoms with Gasteiger partial charge in [-0.05, 0) is 55.2 Å². The summed E-state index contributed by atoms with van der Waals surface area (Å²) in [6.45, 7) is 8.28. The van der Waals surface area contributed by atoms with Gasteiger partial charge in [0.25, 0.3) is 0 Å². The molecule has 0 unspecified atom stereocenters. The first-order valence-corrected chi connectivity index (χ1v) is 7.86. The third-order valence-corrected chi connectivity index (χ3v) is 3.94. The molecule has 1 atom stereocenters. The minimum atomic E-state index is -0.276. The Morgan fingerprint density at radius 2 is 1.87 bits per heavy atom. The summed E-state index contributed by atoms with van der Waals surface area (Å²) in [7, 11) is 0. The van der Waals surface area contributed by atoms with Gasteiger partial charge in [-0.25, -0.2) is 9.37 Å². The first kappa shape index (κ1) is 15.5. The minimum Gasteiger partial charge on any atom is -0.483 e. The highest BCUT2D eigenvalue weighted by Gasteiger charge is 2.16. The highest BCUT2D eigenvalue weighted by molar-refractivity contribution is 5.75. The predicted molar refractivity (Wildman–Crippen MR) is 90.4 cm³/mol. The van der Waals surface area contributed by atoms with Crippen LogP contribution in [0.1, 0.15) is 49.7 Å². The van der Waals surface area contributed by atoms with Crippen molar-refractivity contribution in [3.05, 3.63) is 59.2 Å². The smallest absolute Gasteiger partial charge is 0.153 e. The Hall–Kier alpha value is -2.36. The van der Waals surface area contributed by atoms with Crippen LogP contribution in [0, 0.1) is 12.7 Å². The van der Waals surface area contributed by atoms with Crippen molar-refractivity contribution in [3.8, 4) is 5.75 Å². The summed E-state index contributed by atoms with van der Waals surface area (Å²) in [5.41, 5.74) is 3.75. The minimum absolute atomic E-state index is 0.246. The lowest BCUT2D eigenvalue weighted by Gasteiger charge is -2.18. The molecule has 3 rings (SSSR count). The average molecular weight is 312 g/mol. The maximum Gasteiger partial charge on any atom is 0.153 e. The summed E-state index contributed by atoms with van der Waals surface area (Å²) in [5.74, 6) is 1.67. The van der Waals surface area contributed by atoms with Crippen LogP contribution in [0.3, 0.4) is 0 Å². The highest BCUT2D eigenvalue weighted by Crippen LogP contribution is 2.31. The van der Waals surface area contributed by atoms with Gasteiger partial charge in [0.2, 0.25) is 0 Å². The summed E-state index contributed by atoms with van der Waals surface area (Å²) in [4.78, 5) is 7.64. The second kappa shape index (κ2) is 6.03. The highest BCUT2D eigenvalue weighted by atomic mass is 19.1. The van der Waals surface area contributed by atoms with Crippen molar-refractivity contribution in [1.29, 1.82) is 0 Å². The van der Waals surface area contributed by atoms with Crippen molar-refractivity contribution in [3.63, 3.8) is 0 Å². The molecule has 0 radical (unpaired) electrons. The van der Waals surface area contributed by atoms with Crippen LogP contribution in [0.25, 0.3) is 11.0 Å². The molecule has 4 heteroatoms. The molecular formula is C19H21FN2O. The van der Waals surface area contributed by atoms with E-state index in [4.69, 9.17) is 4.74 Å². The number of aryl methyl sites for hydroxylation is 1. The Labute approximate surface area is 135 Å². The van der Waals surface area contributed by atoms with Gasteiger partial charge in [0.1, 0.15) is 17.4 Å². The lowest BCUT2D eigenvalue weighted by atomic mass is 10.0. The second-order valence-electron chi connectivity index (χ2n) is 6.24. The van der Waals surface area contributed by atoms with Gasteiger partial charge in [-0.2, -0.15) is 0 Å². The molecule has 0 saturated carbocycles. The van der Waals surface area contributed by atoms with Crippen molar-refractivity contribution in [2.45, 2.75) is 39.7 Å². The van der Waals surface area contributed by atoms with E-state index in [2.05, 4.69) is 35.9 Å². The molecule has 23 heavy (non-hydrogen) atoms. The molecule has 0 fully saturated rings. The summed E-state index contributed by atoms with van der Waals surface area (Å²) >= 11 is 0. The number of fused-ring (bicyclic) bond motifs is 1. The van der Waals surface area contributed by atoms with Crippen molar-refractivity contribution >= 4 is 11.0 Å². The molecule has 3 nitrogen and oxygen atoms in total. The molecule has 0 aliphatic heterocycles. The maximum absolute atomic E-state index is 13.3. The standard InChI is InChI=1S/C19H21FN2O/c1-11(2)15-7-5-12(3)9-18(15)23-13(4)19-21-16-8-6-14(20)10-17(16)22-19/h5-11,13H,1-4H3,(H,21,22)/t13-/m1/s1. The summed E-state index contributed by atoms with van der Waals surface area (Å²) in [5, 5.41) is 0. The number of H-pyrrole nitrogens is 1. The van der Waals surface area contributed by atoms with E-state index in [1.165, 1.54) is 17.7 Å². The Balaban J connectivity index is 1.91. The zero-order valence-corrected chi connectivity index (χ0v) is 13.9. The van der Waals surface area contributed by atoms with Crippen molar-refractivity contribution in [2.75, 3.05) is 0 Å². The fourth-order valence-electron chi connectivity index (χ4n) is 2.66. The van der Waals surface area contributed by atoms with Crippen LogP contribution in [0.5, 0.6) is 5.75 Å². The van der Waals surface area contributed by atoms with Crippen LogP contribution >= 0.6 is 0 Å². The lowest BCUT2D eigenvalue weighted by Crippen LogP contribution is -2.07. The molecule has 1 heterocycles.